The average Bonchev–Trinajstić information content (AvgIpc) is 3.12. The van der Waals surface area contributed by atoms with E-state index in [2.05, 4.69) is 5.32 Å². The molecule has 2 aliphatic heterocycles. The van der Waals surface area contributed by atoms with Crippen LogP contribution in [0.1, 0.15) is 86.2 Å². The molecule has 286 valence electrons. The van der Waals surface area contributed by atoms with E-state index < -0.39 is 106 Å². The van der Waals surface area contributed by atoms with E-state index in [9.17, 15) is 59.7 Å². The zero-order chi connectivity index (χ0) is 40.1. The first kappa shape index (κ1) is 42.6. The van der Waals surface area contributed by atoms with Crippen LogP contribution in [0.15, 0.2) is 71.0 Å². The summed E-state index contributed by atoms with van der Waals surface area (Å²) in [5.74, 6) is -8.40. The van der Waals surface area contributed by atoms with E-state index in [-0.39, 0.29) is 40.7 Å². The van der Waals surface area contributed by atoms with Gasteiger partial charge in [0, 0.05) is 35.3 Å². The first-order valence-electron chi connectivity index (χ1n) is 17.3. The van der Waals surface area contributed by atoms with Gasteiger partial charge in [-0.1, -0.05) is 63.3 Å². The van der Waals surface area contributed by atoms with E-state index in [1.54, 1.807) is 19.9 Å². The van der Waals surface area contributed by atoms with Crippen molar-refractivity contribution in [2.75, 3.05) is 0 Å². The van der Waals surface area contributed by atoms with Crippen LogP contribution in [0.4, 0.5) is 0 Å². The van der Waals surface area contributed by atoms with Gasteiger partial charge in [-0.3, -0.25) is 24.0 Å². The highest BCUT2D eigenvalue weighted by Gasteiger charge is 2.39. The predicted molar refractivity (Wildman–Crippen MR) is 196 cm³/mol. The molecule has 2 heterocycles. The Kier molecular flexibility index (Phi) is 14.3. The summed E-state index contributed by atoms with van der Waals surface area (Å²) in [7, 11) is 0. The molecular weight excluding hydrogens is 686 g/mol. The van der Waals surface area contributed by atoms with Gasteiger partial charge in [-0.2, -0.15) is 0 Å². The third-order valence-electron chi connectivity index (χ3n) is 9.70. The number of hydrogen-bond donors (Lipinski definition) is 8. The van der Waals surface area contributed by atoms with Crippen LogP contribution < -0.4 is 5.32 Å². The number of phenolic OH excluding ortho intramolecular Hbond substituents is 1. The minimum atomic E-state index is -1.53. The summed E-state index contributed by atoms with van der Waals surface area (Å²) in [4.78, 5) is 66.3. The van der Waals surface area contributed by atoms with Gasteiger partial charge in [-0.25, -0.2) is 0 Å². The van der Waals surface area contributed by atoms with Gasteiger partial charge in [-0.05, 0) is 56.9 Å². The number of aliphatic hydroxyl groups excluding tert-OH is 6. The molecule has 1 aliphatic carbocycles. The standard InChI is InChI=1S/C40H49NO12/c1-18-11-13-25(42)14-12-19(2)33(46)21(4)15-22(5)34(47)31-30-26(16-23(6)35(31)48)37(50)32(39(52)38(30)51)41-40(53)20(3)9-8-10-27(43)36(49)24(7)29(45)17-28(18)44/h8-12,14-16,19,21,24-25,27,29,33,36,42-43,45-46,48-50H,13,17H2,1-7H3,(H,41,53)/b10-8+,14-12-,18-11-,20-9-,22-15+/t19-,21+,24-,25-,27+,29+,33+,36-/m1/s1. The fourth-order valence-electron chi connectivity index (χ4n) is 5.98. The number of rotatable bonds is 0. The van der Waals surface area contributed by atoms with Gasteiger partial charge in [-0.15, -0.1) is 0 Å². The summed E-state index contributed by atoms with van der Waals surface area (Å²) < 4.78 is 0. The largest absolute Gasteiger partial charge is 0.507 e. The number of allylic oxidation sites excluding steroid dienone is 5. The highest BCUT2D eigenvalue weighted by Crippen LogP contribution is 2.38. The molecule has 4 bridgehead atoms. The Balaban J connectivity index is 2.12. The number of carbonyl (C=O) groups excluding carboxylic acids is 5. The molecule has 0 unspecified atom stereocenters. The molecule has 53 heavy (non-hydrogen) atoms. The topological polar surface area (TPSA) is 239 Å². The Labute approximate surface area is 308 Å². The predicted octanol–water partition coefficient (Wildman–Crippen LogP) is 3.02. The third kappa shape index (κ3) is 9.80. The van der Waals surface area contributed by atoms with E-state index in [4.69, 9.17) is 0 Å². The molecular formula is C40H49NO12. The molecule has 0 aromatic heterocycles. The van der Waals surface area contributed by atoms with Crippen molar-refractivity contribution in [3.8, 4) is 5.75 Å². The molecule has 0 spiro atoms. The minimum absolute atomic E-state index is 0.0129. The van der Waals surface area contributed by atoms with Gasteiger partial charge in [0.1, 0.15) is 11.4 Å². The van der Waals surface area contributed by atoms with E-state index in [1.807, 2.05) is 0 Å². The van der Waals surface area contributed by atoms with Crippen molar-refractivity contribution in [1.29, 1.82) is 0 Å². The lowest BCUT2D eigenvalue weighted by Crippen LogP contribution is -2.38. The summed E-state index contributed by atoms with van der Waals surface area (Å²) in [6.07, 6.45) is 2.73. The van der Waals surface area contributed by atoms with Gasteiger partial charge >= 0.3 is 0 Å². The van der Waals surface area contributed by atoms with Gasteiger partial charge in [0.15, 0.2) is 17.3 Å². The molecule has 0 saturated heterocycles. The number of hydrogen-bond acceptors (Lipinski definition) is 12. The summed E-state index contributed by atoms with van der Waals surface area (Å²) in [6, 6.07) is 1.20. The first-order valence-corrected chi connectivity index (χ1v) is 17.3. The van der Waals surface area contributed by atoms with Crippen molar-refractivity contribution < 1.29 is 59.7 Å². The molecule has 8 atom stereocenters. The quantitative estimate of drug-likeness (QED) is 0.142. The molecule has 1 aromatic rings. The molecule has 0 fully saturated rings. The number of carbonyl (C=O) groups is 5. The van der Waals surface area contributed by atoms with Gasteiger partial charge in [0.05, 0.1) is 41.6 Å². The van der Waals surface area contributed by atoms with Gasteiger partial charge < -0.3 is 41.1 Å². The number of aliphatic hydroxyl groups is 6. The van der Waals surface area contributed by atoms with Crippen LogP contribution in [0, 0.1) is 24.7 Å². The van der Waals surface area contributed by atoms with Gasteiger partial charge in [0.2, 0.25) is 5.78 Å². The van der Waals surface area contributed by atoms with Crippen LogP contribution in [-0.4, -0.2) is 95.3 Å². The highest BCUT2D eigenvalue weighted by atomic mass is 16.3. The number of nitrogens with one attached hydrogen (secondary N) is 1. The Bertz CT molecular complexity index is 1840. The van der Waals surface area contributed by atoms with Crippen LogP contribution in [0.25, 0.3) is 5.76 Å². The van der Waals surface area contributed by atoms with Crippen molar-refractivity contribution >= 4 is 34.8 Å². The SMILES string of the molecule is C/C1=C/C[C@@H](O)/C=C\[C@@H](C)[C@H](O)[C@@H](C)/C=C(\C)C(=O)c2c(O)c(C)cc3c2C(=O)C(=O)C(=C3O)NC(=O)/C(C)=C\C=C\[C@H](O)[C@H](O)[C@H](C)[C@@H](O)CC1=O. The summed E-state index contributed by atoms with van der Waals surface area (Å²) >= 11 is 0. The molecule has 0 saturated carbocycles. The fraction of sp³-hybridized carbons (Fsp3) is 0.425. The van der Waals surface area contributed by atoms with E-state index in [0.717, 1.165) is 6.08 Å². The Morgan fingerprint density at radius 1 is 0.717 bits per heavy atom. The molecule has 13 heteroatoms. The highest BCUT2D eigenvalue weighted by molar-refractivity contribution is 6.53. The third-order valence-corrected chi connectivity index (χ3v) is 9.70. The molecule has 1 aromatic carbocycles. The Hall–Kier alpha value is -4.79. The second-order valence-electron chi connectivity index (χ2n) is 13.9. The average molecular weight is 736 g/mol. The monoisotopic (exact) mass is 735 g/mol. The maximum absolute atomic E-state index is 13.8. The van der Waals surface area contributed by atoms with Crippen molar-refractivity contribution in [1.82, 2.24) is 5.32 Å². The number of Topliss-reactive ketones (excluding diaryl/α,β-unsaturated/α-hetero) is 4. The Morgan fingerprint density at radius 2 is 1.36 bits per heavy atom. The van der Waals surface area contributed by atoms with Gasteiger partial charge in [0.25, 0.3) is 11.7 Å². The van der Waals surface area contributed by atoms with Crippen molar-refractivity contribution in [3.05, 3.63) is 93.3 Å². The lowest BCUT2D eigenvalue weighted by Gasteiger charge is -2.26. The molecule has 13 nitrogen and oxygen atoms in total. The Morgan fingerprint density at radius 3 is 2.00 bits per heavy atom. The first-order chi connectivity index (χ1) is 24.7. The van der Waals surface area contributed by atoms with Crippen LogP contribution in [-0.2, 0) is 14.4 Å². The lowest BCUT2D eigenvalue weighted by atomic mass is 9.82. The number of aryl methyl sites for hydroxylation is 1. The minimum Gasteiger partial charge on any atom is -0.507 e. The number of fused-ring (bicyclic) bond motifs is 19. The zero-order valence-electron chi connectivity index (χ0n) is 30.8. The van der Waals surface area contributed by atoms with E-state index in [1.165, 1.54) is 71.1 Å². The van der Waals surface area contributed by atoms with E-state index >= 15 is 0 Å². The van der Waals surface area contributed by atoms with Crippen molar-refractivity contribution in [2.45, 2.75) is 91.8 Å². The second-order valence-corrected chi connectivity index (χ2v) is 13.9. The van der Waals surface area contributed by atoms with Crippen molar-refractivity contribution in [3.63, 3.8) is 0 Å². The molecule has 4 rings (SSSR count). The smallest absolute Gasteiger partial charge is 0.253 e. The number of ketones is 4. The number of phenols is 1. The molecule has 3 aliphatic rings. The maximum atomic E-state index is 13.8. The molecule has 1 amide bonds. The summed E-state index contributed by atoms with van der Waals surface area (Å²) in [6.45, 7) is 10.4. The number of aromatic hydroxyl groups is 1. The normalized spacial score (nSPS) is 33.4. The van der Waals surface area contributed by atoms with Crippen LogP contribution in [0.2, 0.25) is 0 Å². The van der Waals surface area contributed by atoms with Crippen LogP contribution in [0.5, 0.6) is 5.75 Å². The summed E-state index contributed by atoms with van der Waals surface area (Å²) in [5, 5.41) is 77.7. The van der Waals surface area contributed by atoms with Crippen LogP contribution >= 0.6 is 0 Å². The molecule has 8 N–H and O–H groups in total. The van der Waals surface area contributed by atoms with Crippen LogP contribution in [0.3, 0.4) is 0 Å². The number of amides is 1. The van der Waals surface area contributed by atoms with Crippen molar-refractivity contribution in [2.24, 2.45) is 17.8 Å². The summed E-state index contributed by atoms with van der Waals surface area (Å²) in [5.41, 5.74) is -1.81. The molecule has 0 radical (unpaired) electrons. The zero-order valence-corrected chi connectivity index (χ0v) is 30.8. The number of benzene rings is 1. The lowest BCUT2D eigenvalue weighted by molar-refractivity contribution is -0.119. The maximum Gasteiger partial charge on any atom is 0.253 e. The second kappa shape index (κ2) is 17.8. The van der Waals surface area contributed by atoms with E-state index in [0.29, 0.717) is 0 Å². The fourth-order valence-corrected chi connectivity index (χ4v) is 5.98.